The lowest BCUT2D eigenvalue weighted by molar-refractivity contribution is 0.537. The van der Waals surface area contributed by atoms with Crippen LogP contribution in [-0.2, 0) is 0 Å². The van der Waals surface area contributed by atoms with Crippen molar-refractivity contribution in [2.45, 2.75) is 38.3 Å². The van der Waals surface area contributed by atoms with Crippen molar-refractivity contribution in [3.8, 4) is 0 Å². The molecular formula is C10H20N2. The highest BCUT2D eigenvalue weighted by Crippen LogP contribution is 2.16. The van der Waals surface area contributed by atoms with E-state index in [1.54, 1.807) is 0 Å². The molecule has 0 saturated carbocycles. The van der Waals surface area contributed by atoms with Crippen LogP contribution >= 0.6 is 0 Å². The molecule has 0 rings (SSSR count). The second kappa shape index (κ2) is 4.43. The van der Waals surface area contributed by atoms with Gasteiger partial charge < -0.3 is 11.5 Å². The van der Waals surface area contributed by atoms with Gasteiger partial charge in [0.25, 0.3) is 0 Å². The molecule has 2 nitrogen and oxygen atoms in total. The van der Waals surface area contributed by atoms with Crippen molar-refractivity contribution in [3.05, 3.63) is 24.8 Å². The van der Waals surface area contributed by atoms with E-state index in [0.717, 1.165) is 18.4 Å². The second-order valence-corrected chi connectivity index (χ2v) is 3.72. The Morgan fingerprint density at radius 1 is 1.58 bits per heavy atom. The highest BCUT2D eigenvalue weighted by atomic mass is 14.8. The lowest BCUT2D eigenvalue weighted by atomic mass is 9.89. The molecule has 0 saturated heterocycles. The van der Waals surface area contributed by atoms with Crippen LogP contribution < -0.4 is 11.5 Å². The number of allylic oxidation sites excluding steroid dienone is 1. The monoisotopic (exact) mass is 168 g/mol. The lowest BCUT2D eigenvalue weighted by Gasteiger charge is -2.26. The Bertz CT molecular complexity index is 165. The summed E-state index contributed by atoms with van der Waals surface area (Å²) in [7, 11) is 0. The lowest BCUT2D eigenvalue weighted by Crippen LogP contribution is -2.42. The van der Waals surface area contributed by atoms with Crippen molar-refractivity contribution in [3.63, 3.8) is 0 Å². The van der Waals surface area contributed by atoms with E-state index >= 15 is 0 Å². The Morgan fingerprint density at radius 3 is 2.42 bits per heavy atom. The maximum atomic E-state index is 5.86. The van der Waals surface area contributed by atoms with E-state index in [9.17, 15) is 0 Å². The van der Waals surface area contributed by atoms with Gasteiger partial charge in [0.2, 0.25) is 0 Å². The molecule has 2 heteroatoms. The molecule has 0 aromatic rings. The molecule has 0 aromatic carbocycles. The third-order valence-corrected chi connectivity index (χ3v) is 1.96. The van der Waals surface area contributed by atoms with Gasteiger partial charge >= 0.3 is 0 Å². The van der Waals surface area contributed by atoms with E-state index < -0.39 is 0 Å². The van der Waals surface area contributed by atoms with Gasteiger partial charge in [-0.25, -0.2) is 0 Å². The van der Waals surface area contributed by atoms with Gasteiger partial charge in [0.05, 0.1) is 0 Å². The largest absolute Gasteiger partial charge is 0.324 e. The van der Waals surface area contributed by atoms with Gasteiger partial charge in [-0.05, 0) is 32.3 Å². The first-order valence-corrected chi connectivity index (χ1v) is 4.24. The highest BCUT2D eigenvalue weighted by molar-refractivity contribution is 5.18. The quantitative estimate of drug-likeness (QED) is 0.612. The van der Waals surface area contributed by atoms with Gasteiger partial charge in [-0.2, -0.15) is 0 Å². The summed E-state index contributed by atoms with van der Waals surface area (Å²) in [5, 5.41) is 0. The Labute approximate surface area is 75.3 Å². The Morgan fingerprint density at radius 2 is 2.08 bits per heavy atom. The van der Waals surface area contributed by atoms with Crippen LogP contribution in [0.5, 0.6) is 0 Å². The van der Waals surface area contributed by atoms with Crippen molar-refractivity contribution in [1.82, 2.24) is 0 Å². The molecule has 1 atom stereocenters. The fourth-order valence-electron chi connectivity index (χ4n) is 0.949. The third kappa shape index (κ3) is 3.69. The summed E-state index contributed by atoms with van der Waals surface area (Å²) in [4.78, 5) is 0. The zero-order valence-electron chi connectivity index (χ0n) is 8.14. The molecule has 0 heterocycles. The molecule has 0 aromatic heterocycles. The van der Waals surface area contributed by atoms with Crippen LogP contribution in [0.15, 0.2) is 24.8 Å². The predicted molar refractivity (Wildman–Crippen MR) is 54.8 cm³/mol. The molecule has 12 heavy (non-hydrogen) atoms. The number of nitrogens with two attached hydrogens (primary N) is 2. The van der Waals surface area contributed by atoms with Crippen molar-refractivity contribution in [2.75, 3.05) is 0 Å². The standard InChI is InChI=1S/C10H20N2/c1-5-6-7-9(11)8(2)10(3,4)12/h5,9H,1-2,6-7,11-12H2,3-4H3. The van der Waals surface area contributed by atoms with E-state index in [1.165, 1.54) is 0 Å². The first-order valence-electron chi connectivity index (χ1n) is 4.24. The van der Waals surface area contributed by atoms with Gasteiger partial charge in [-0.1, -0.05) is 12.7 Å². The predicted octanol–water partition coefficient (Wildman–Crippen LogP) is 1.57. The van der Waals surface area contributed by atoms with E-state index in [2.05, 4.69) is 13.2 Å². The molecule has 1 unspecified atom stereocenters. The van der Waals surface area contributed by atoms with Gasteiger partial charge in [-0.15, -0.1) is 6.58 Å². The molecule has 0 aliphatic heterocycles. The van der Waals surface area contributed by atoms with Crippen molar-refractivity contribution >= 4 is 0 Å². The minimum Gasteiger partial charge on any atom is -0.324 e. The highest BCUT2D eigenvalue weighted by Gasteiger charge is 2.20. The summed E-state index contributed by atoms with van der Waals surface area (Å²) >= 11 is 0. The Hall–Kier alpha value is -0.600. The average molecular weight is 168 g/mol. The van der Waals surface area contributed by atoms with Crippen molar-refractivity contribution in [2.24, 2.45) is 11.5 Å². The summed E-state index contributed by atoms with van der Waals surface area (Å²) < 4.78 is 0. The van der Waals surface area contributed by atoms with E-state index in [4.69, 9.17) is 11.5 Å². The van der Waals surface area contributed by atoms with Crippen molar-refractivity contribution in [1.29, 1.82) is 0 Å². The molecule has 4 N–H and O–H groups in total. The molecule has 0 bridgehead atoms. The van der Waals surface area contributed by atoms with Crippen molar-refractivity contribution < 1.29 is 0 Å². The van der Waals surface area contributed by atoms with Crippen LogP contribution in [0.1, 0.15) is 26.7 Å². The summed E-state index contributed by atoms with van der Waals surface area (Å²) in [5.74, 6) is 0. The topological polar surface area (TPSA) is 52.0 Å². The molecule has 70 valence electrons. The first kappa shape index (κ1) is 11.4. The van der Waals surface area contributed by atoms with Crippen LogP contribution in [-0.4, -0.2) is 11.6 Å². The van der Waals surface area contributed by atoms with Gasteiger partial charge in [-0.3, -0.25) is 0 Å². The molecule has 0 aliphatic rings. The van der Waals surface area contributed by atoms with Gasteiger partial charge in [0.15, 0.2) is 0 Å². The molecule has 0 amide bonds. The Balaban J connectivity index is 4.02. The third-order valence-electron chi connectivity index (χ3n) is 1.96. The maximum Gasteiger partial charge on any atom is 0.0324 e. The van der Waals surface area contributed by atoms with Crippen LogP contribution in [0.25, 0.3) is 0 Å². The minimum atomic E-state index is -0.374. The summed E-state index contributed by atoms with van der Waals surface area (Å²) in [5.41, 5.74) is 12.2. The fraction of sp³-hybridized carbons (Fsp3) is 0.600. The fourth-order valence-corrected chi connectivity index (χ4v) is 0.949. The van der Waals surface area contributed by atoms with Crippen LogP contribution in [0.4, 0.5) is 0 Å². The zero-order chi connectivity index (χ0) is 9.78. The van der Waals surface area contributed by atoms with E-state index in [0.29, 0.717) is 0 Å². The summed E-state index contributed by atoms with van der Waals surface area (Å²) in [6.45, 7) is 11.4. The Kier molecular flexibility index (Phi) is 4.21. The number of rotatable bonds is 5. The smallest absolute Gasteiger partial charge is 0.0324 e. The number of hydrogen-bond donors (Lipinski definition) is 2. The summed E-state index contributed by atoms with van der Waals surface area (Å²) in [6, 6.07) is -0.0111. The summed E-state index contributed by atoms with van der Waals surface area (Å²) in [6.07, 6.45) is 3.65. The zero-order valence-corrected chi connectivity index (χ0v) is 8.14. The molecule has 0 fully saturated rings. The number of hydrogen-bond acceptors (Lipinski definition) is 2. The molecule has 0 radical (unpaired) electrons. The minimum absolute atomic E-state index is 0.0111. The SMILES string of the molecule is C=CCCC(N)C(=C)C(C)(C)N. The van der Waals surface area contributed by atoms with Crippen LogP contribution in [0, 0.1) is 0 Å². The van der Waals surface area contributed by atoms with Crippen LogP contribution in [0.2, 0.25) is 0 Å². The molecular weight excluding hydrogens is 148 g/mol. The van der Waals surface area contributed by atoms with E-state index in [1.807, 2.05) is 19.9 Å². The van der Waals surface area contributed by atoms with Gasteiger partial charge in [0.1, 0.15) is 0 Å². The molecule has 0 aliphatic carbocycles. The second-order valence-electron chi connectivity index (χ2n) is 3.72. The van der Waals surface area contributed by atoms with Crippen LogP contribution in [0.3, 0.4) is 0 Å². The maximum absolute atomic E-state index is 5.86. The molecule has 0 spiro atoms. The van der Waals surface area contributed by atoms with E-state index in [-0.39, 0.29) is 11.6 Å². The van der Waals surface area contributed by atoms with Gasteiger partial charge in [0, 0.05) is 11.6 Å². The first-order chi connectivity index (χ1) is 5.39. The average Bonchev–Trinajstić information content (AvgIpc) is 1.97. The normalized spacial score (nSPS) is 14.0.